The molecule has 0 aliphatic heterocycles. The van der Waals surface area contributed by atoms with Crippen LogP contribution in [0, 0.1) is 10.8 Å². The Bertz CT molecular complexity index is 671. The quantitative estimate of drug-likeness (QED) is 0.224. The largest absolute Gasteiger partial charge is 0.504 e. The van der Waals surface area contributed by atoms with Gasteiger partial charge in [0, 0.05) is 5.56 Å². The van der Waals surface area contributed by atoms with E-state index < -0.39 is 0 Å². The Hall–Kier alpha value is -1.38. The van der Waals surface area contributed by atoms with Crippen LogP contribution < -0.4 is 0 Å². The van der Waals surface area contributed by atoms with E-state index in [9.17, 15) is 15.3 Å². The van der Waals surface area contributed by atoms with Gasteiger partial charge in [-0.15, -0.1) is 0 Å². The van der Waals surface area contributed by atoms with E-state index in [1.165, 1.54) is 70.6 Å². The highest BCUT2D eigenvalue weighted by molar-refractivity contribution is 5.57. The molecule has 164 valence electrons. The van der Waals surface area contributed by atoms with Crippen LogP contribution in [0.5, 0.6) is 17.2 Å². The molecule has 3 N–H and O–H groups in total. The van der Waals surface area contributed by atoms with E-state index in [0.29, 0.717) is 10.8 Å². The van der Waals surface area contributed by atoms with Crippen LogP contribution in [0.15, 0.2) is 6.07 Å². The predicted octanol–water partition coefficient (Wildman–Crippen LogP) is 7.39. The number of rotatable bonds is 14. The molecule has 29 heavy (non-hydrogen) atoms. The molecule has 0 bridgehead atoms. The van der Waals surface area contributed by atoms with Gasteiger partial charge in [-0.2, -0.15) is 0 Å². The highest BCUT2D eigenvalue weighted by Crippen LogP contribution is 2.50. The molecule has 3 rings (SSSR count). The third-order valence-electron chi connectivity index (χ3n) is 7.59. The zero-order valence-corrected chi connectivity index (χ0v) is 18.7. The van der Waals surface area contributed by atoms with Crippen LogP contribution in [-0.4, -0.2) is 15.3 Å². The van der Waals surface area contributed by atoms with Gasteiger partial charge < -0.3 is 15.3 Å². The molecule has 0 spiro atoms. The third kappa shape index (κ3) is 6.83. The van der Waals surface area contributed by atoms with Gasteiger partial charge in [0.2, 0.25) is 5.75 Å². The maximum Gasteiger partial charge on any atom is 0.200 e. The molecule has 3 nitrogen and oxygen atoms in total. The summed E-state index contributed by atoms with van der Waals surface area (Å²) in [5.41, 5.74) is 3.15. The van der Waals surface area contributed by atoms with Gasteiger partial charge in [0.25, 0.3) is 0 Å². The second kappa shape index (κ2) is 9.62. The summed E-state index contributed by atoms with van der Waals surface area (Å²) >= 11 is 0. The number of benzene rings is 1. The van der Waals surface area contributed by atoms with Gasteiger partial charge in [-0.25, -0.2) is 0 Å². The van der Waals surface area contributed by atoms with Gasteiger partial charge in [-0.1, -0.05) is 52.4 Å². The lowest BCUT2D eigenvalue weighted by Gasteiger charge is -2.15. The van der Waals surface area contributed by atoms with Crippen LogP contribution in [0.25, 0.3) is 0 Å². The van der Waals surface area contributed by atoms with Crippen molar-refractivity contribution < 1.29 is 15.3 Å². The minimum Gasteiger partial charge on any atom is -0.504 e. The minimum absolute atomic E-state index is 0.104. The number of phenolic OH excluding ortho intramolecular Hbond substituents is 3. The maximum atomic E-state index is 10.4. The summed E-state index contributed by atoms with van der Waals surface area (Å²) in [6.45, 7) is 4.79. The van der Waals surface area contributed by atoms with Crippen molar-refractivity contribution in [3.8, 4) is 17.2 Å². The maximum absolute atomic E-state index is 10.4. The molecule has 1 aromatic carbocycles. The number of aryl methyl sites for hydroxylation is 1. The molecule has 0 radical (unpaired) electrons. The topological polar surface area (TPSA) is 60.7 Å². The van der Waals surface area contributed by atoms with Crippen LogP contribution in [-0.2, 0) is 12.8 Å². The van der Waals surface area contributed by atoms with Gasteiger partial charge in [0.05, 0.1) is 0 Å². The van der Waals surface area contributed by atoms with Gasteiger partial charge >= 0.3 is 0 Å². The lowest BCUT2D eigenvalue weighted by atomic mass is 9.93. The van der Waals surface area contributed by atoms with Gasteiger partial charge in [0.1, 0.15) is 0 Å². The first-order valence-corrected chi connectivity index (χ1v) is 12.1. The standard InChI is InChI=1S/C26H42O3/c1-25(15-16-25)13-9-5-3-7-11-20-19-22(27)24(29)23(28)21(20)12-8-4-6-10-14-26(2)17-18-26/h19,27-29H,3-18H2,1-2H3. The monoisotopic (exact) mass is 402 g/mol. The number of phenols is 3. The van der Waals surface area contributed by atoms with E-state index in [2.05, 4.69) is 13.8 Å². The zero-order chi connectivity index (χ0) is 20.9. The van der Waals surface area contributed by atoms with Crippen molar-refractivity contribution in [2.45, 2.75) is 117 Å². The summed E-state index contributed by atoms with van der Waals surface area (Å²) in [4.78, 5) is 0. The minimum atomic E-state index is -0.358. The third-order valence-corrected chi connectivity index (χ3v) is 7.59. The lowest BCUT2D eigenvalue weighted by Crippen LogP contribution is -1.98. The van der Waals surface area contributed by atoms with E-state index in [-0.39, 0.29) is 17.2 Å². The summed E-state index contributed by atoms with van der Waals surface area (Å²) in [6.07, 6.45) is 19.5. The second-order valence-electron chi connectivity index (χ2n) is 10.7. The Morgan fingerprint density at radius 3 is 1.66 bits per heavy atom. The number of hydrogen-bond donors (Lipinski definition) is 3. The normalized spacial score (nSPS) is 18.7. The first-order valence-electron chi connectivity index (χ1n) is 12.1. The van der Waals surface area contributed by atoms with Crippen LogP contribution in [0.3, 0.4) is 0 Å². The van der Waals surface area contributed by atoms with Gasteiger partial charge in [-0.3, -0.25) is 0 Å². The Labute approximate surface area is 177 Å². The molecular formula is C26H42O3. The zero-order valence-electron chi connectivity index (χ0n) is 18.7. The van der Waals surface area contributed by atoms with Crippen LogP contribution in [0.1, 0.15) is 115 Å². The summed E-state index contributed by atoms with van der Waals surface area (Å²) < 4.78 is 0. The smallest absolute Gasteiger partial charge is 0.200 e. The Morgan fingerprint density at radius 2 is 1.14 bits per heavy atom. The Balaban J connectivity index is 1.41. The molecule has 0 atom stereocenters. The van der Waals surface area contributed by atoms with Crippen molar-refractivity contribution in [3.05, 3.63) is 17.2 Å². The summed E-state index contributed by atoms with van der Waals surface area (Å²) in [5, 5.41) is 30.3. The molecule has 0 amide bonds. The first-order chi connectivity index (χ1) is 13.8. The lowest BCUT2D eigenvalue weighted by molar-refractivity contribution is 0.363. The average molecular weight is 403 g/mol. The molecule has 0 aromatic heterocycles. The SMILES string of the molecule is CC1(CCCCCCc2cc(O)c(O)c(O)c2CCCCCCC2(C)CC2)CC1. The fourth-order valence-electron chi connectivity index (χ4n) is 4.59. The van der Waals surface area contributed by atoms with Crippen molar-refractivity contribution in [1.29, 1.82) is 0 Å². The molecule has 3 heteroatoms. The van der Waals surface area contributed by atoms with Crippen molar-refractivity contribution in [1.82, 2.24) is 0 Å². The molecule has 2 aliphatic carbocycles. The number of hydrogen-bond acceptors (Lipinski definition) is 3. The van der Waals surface area contributed by atoms with E-state index in [4.69, 9.17) is 0 Å². The molecular weight excluding hydrogens is 360 g/mol. The molecule has 0 unspecified atom stereocenters. The van der Waals surface area contributed by atoms with Crippen LogP contribution in [0.4, 0.5) is 0 Å². The van der Waals surface area contributed by atoms with Crippen molar-refractivity contribution in [2.24, 2.45) is 10.8 Å². The highest BCUT2D eigenvalue weighted by atomic mass is 16.3. The van der Waals surface area contributed by atoms with E-state index in [0.717, 1.165) is 43.2 Å². The fraction of sp³-hybridized carbons (Fsp3) is 0.769. The van der Waals surface area contributed by atoms with Crippen molar-refractivity contribution in [2.75, 3.05) is 0 Å². The predicted molar refractivity (Wildman–Crippen MR) is 120 cm³/mol. The molecule has 0 saturated heterocycles. The van der Waals surface area contributed by atoms with Crippen molar-refractivity contribution in [3.63, 3.8) is 0 Å². The first kappa shape index (κ1) is 22.3. The second-order valence-corrected chi connectivity index (χ2v) is 10.7. The average Bonchev–Trinajstić information content (AvgIpc) is 3.60. The molecule has 1 aromatic rings. The van der Waals surface area contributed by atoms with E-state index in [1.54, 1.807) is 6.07 Å². The molecule has 2 fully saturated rings. The number of aromatic hydroxyl groups is 3. The highest BCUT2D eigenvalue weighted by Gasteiger charge is 2.36. The summed E-state index contributed by atoms with van der Waals surface area (Å²) in [6, 6.07) is 1.67. The van der Waals surface area contributed by atoms with Crippen LogP contribution >= 0.6 is 0 Å². The number of unbranched alkanes of at least 4 members (excludes halogenated alkanes) is 6. The van der Waals surface area contributed by atoms with Gasteiger partial charge in [-0.05, 0) is 86.7 Å². The molecule has 2 saturated carbocycles. The molecule has 2 aliphatic rings. The molecule has 0 heterocycles. The summed E-state index contributed by atoms with van der Waals surface area (Å²) in [5.74, 6) is -0.657. The van der Waals surface area contributed by atoms with E-state index in [1.807, 2.05) is 0 Å². The summed E-state index contributed by atoms with van der Waals surface area (Å²) in [7, 11) is 0. The fourth-order valence-corrected chi connectivity index (χ4v) is 4.59. The van der Waals surface area contributed by atoms with Crippen LogP contribution in [0.2, 0.25) is 0 Å². The Morgan fingerprint density at radius 1 is 0.655 bits per heavy atom. The van der Waals surface area contributed by atoms with Gasteiger partial charge in [0.15, 0.2) is 11.5 Å². The van der Waals surface area contributed by atoms with Crippen molar-refractivity contribution >= 4 is 0 Å². The van der Waals surface area contributed by atoms with E-state index >= 15 is 0 Å². The Kier molecular flexibility index (Phi) is 7.40.